The molecule has 0 aliphatic rings. The number of aliphatic hydroxyl groups is 1. The van der Waals surface area contributed by atoms with E-state index in [2.05, 4.69) is 10.2 Å². The van der Waals surface area contributed by atoms with E-state index in [9.17, 15) is 9.90 Å². The van der Waals surface area contributed by atoms with Crippen LogP contribution in [-0.4, -0.2) is 36.3 Å². The lowest BCUT2D eigenvalue weighted by atomic mass is 10.2. The Morgan fingerprint density at radius 2 is 1.70 bits per heavy atom. The molecule has 30 heavy (non-hydrogen) atoms. The zero-order valence-electron chi connectivity index (χ0n) is 16.9. The van der Waals surface area contributed by atoms with Crippen molar-refractivity contribution >= 4 is 18.0 Å². The topological polar surface area (TPSA) is 116 Å². The van der Waals surface area contributed by atoms with Gasteiger partial charge in [-0.2, -0.15) is 5.10 Å². The van der Waals surface area contributed by atoms with Crippen LogP contribution >= 0.6 is 0 Å². The summed E-state index contributed by atoms with van der Waals surface area (Å²) in [7, 11) is 0. The number of carbonyl (C=O) groups excluding carboxylic acids is 1. The minimum absolute atomic E-state index is 0.108. The Morgan fingerprint density at radius 3 is 2.33 bits per heavy atom. The lowest BCUT2D eigenvalue weighted by Crippen LogP contribution is -2.25. The number of esters is 1. The van der Waals surface area contributed by atoms with Crippen molar-refractivity contribution in [1.82, 2.24) is 0 Å². The second kappa shape index (κ2) is 11.9. The number of hydrogen-bond acceptors (Lipinski definition) is 7. The number of ether oxygens (including phenoxy) is 3. The van der Waals surface area contributed by atoms with E-state index in [1.54, 1.807) is 26.0 Å². The molecule has 158 valence electrons. The Labute approximate surface area is 175 Å². The first-order valence-corrected chi connectivity index (χ1v) is 9.42. The molecule has 0 aliphatic heterocycles. The molecule has 2 aromatic rings. The first-order chi connectivity index (χ1) is 14.5. The molecule has 0 atom stereocenters. The van der Waals surface area contributed by atoms with Crippen LogP contribution in [0.5, 0.6) is 5.75 Å². The number of hydrogen-bond donors (Lipinski definition) is 2. The molecule has 2 aromatic carbocycles. The number of carbonyl (C=O) groups is 1. The van der Waals surface area contributed by atoms with Crippen molar-refractivity contribution in [2.45, 2.75) is 20.5 Å². The fraction of sp³-hybridized carbons (Fsp3) is 0.227. The lowest BCUT2D eigenvalue weighted by Gasteiger charge is -2.08. The molecule has 0 amide bonds. The van der Waals surface area contributed by atoms with Gasteiger partial charge in [0.15, 0.2) is 11.4 Å². The van der Waals surface area contributed by atoms with Gasteiger partial charge in [-0.25, -0.2) is 4.79 Å². The van der Waals surface area contributed by atoms with E-state index in [1.807, 2.05) is 42.5 Å². The van der Waals surface area contributed by atoms with E-state index in [0.29, 0.717) is 12.4 Å². The van der Waals surface area contributed by atoms with Crippen molar-refractivity contribution < 1.29 is 24.1 Å². The van der Waals surface area contributed by atoms with Crippen molar-refractivity contribution in [3.05, 3.63) is 77.2 Å². The molecule has 2 rings (SSSR count). The largest absolute Gasteiger partial charge is 0.489 e. The van der Waals surface area contributed by atoms with Crippen molar-refractivity contribution in [3.63, 3.8) is 0 Å². The van der Waals surface area contributed by atoms with Gasteiger partial charge in [-0.1, -0.05) is 30.3 Å². The Balaban J connectivity index is 2.03. The summed E-state index contributed by atoms with van der Waals surface area (Å²) >= 11 is 0. The summed E-state index contributed by atoms with van der Waals surface area (Å²) in [6.07, 6.45) is 1.45. The predicted molar refractivity (Wildman–Crippen MR) is 114 cm³/mol. The zero-order chi connectivity index (χ0) is 21.8. The van der Waals surface area contributed by atoms with E-state index in [1.165, 1.54) is 6.21 Å². The van der Waals surface area contributed by atoms with Crippen LogP contribution < -0.4 is 10.5 Å². The summed E-state index contributed by atoms with van der Waals surface area (Å²) in [6.45, 7) is 4.01. The maximum atomic E-state index is 12.0. The van der Waals surface area contributed by atoms with Crippen molar-refractivity contribution in [2.24, 2.45) is 15.9 Å². The SMILES string of the molecule is CCOC(=O)C(C(N)=NN=Cc1ccc(OCc2ccccc2)cc1)=C(O)OCC. The Bertz CT molecular complexity index is 906. The van der Waals surface area contributed by atoms with Crippen LogP contribution in [0.4, 0.5) is 0 Å². The smallest absolute Gasteiger partial charge is 0.349 e. The highest BCUT2D eigenvalue weighted by Gasteiger charge is 2.22. The number of benzene rings is 2. The molecule has 3 N–H and O–H groups in total. The third kappa shape index (κ3) is 6.97. The second-order valence-corrected chi connectivity index (χ2v) is 5.91. The molecule has 0 aliphatic carbocycles. The molecule has 0 unspecified atom stereocenters. The number of nitrogens with two attached hydrogens (primary N) is 1. The molecule has 0 heterocycles. The van der Waals surface area contributed by atoms with Gasteiger partial charge in [-0.15, -0.1) is 5.10 Å². The van der Waals surface area contributed by atoms with Crippen LogP contribution in [0.1, 0.15) is 25.0 Å². The average Bonchev–Trinajstić information content (AvgIpc) is 2.74. The van der Waals surface area contributed by atoms with E-state index >= 15 is 0 Å². The predicted octanol–water partition coefficient (Wildman–Crippen LogP) is 3.33. The van der Waals surface area contributed by atoms with Gasteiger partial charge < -0.3 is 25.1 Å². The molecule has 0 spiro atoms. The normalized spacial score (nSPS) is 12.4. The first-order valence-electron chi connectivity index (χ1n) is 9.42. The highest BCUT2D eigenvalue weighted by atomic mass is 16.6. The van der Waals surface area contributed by atoms with Crippen LogP contribution in [0.3, 0.4) is 0 Å². The van der Waals surface area contributed by atoms with Gasteiger partial charge in [-0.3, -0.25) is 0 Å². The standard InChI is InChI=1S/C22H25N3O5/c1-3-28-21(26)19(22(27)29-4-2)20(23)25-24-14-16-10-12-18(13-11-16)30-15-17-8-6-5-7-9-17/h5-14,26H,3-4,15H2,1-2H3,(H2,23,25). The molecular weight excluding hydrogens is 386 g/mol. The summed E-state index contributed by atoms with van der Waals surface area (Å²) < 4.78 is 15.5. The van der Waals surface area contributed by atoms with E-state index in [4.69, 9.17) is 19.9 Å². The molecule has 0 saturated carbocycles. The quantitative estimate of drug-likeness (QED) is 0.155. The van der Waals surface area contributed by atoms with Crippen molar-refractivity contribution in [3.8, 4) is 5.75 Å². The molecule has 0 bridgehead atoms. The van der Waals surface area contributed by atoms with Crippen LogP contribution in [0.25, 0.3) is 0 Å². The van der Waals surface area contributed by atoms with Crippen LogP contribution in [0.15, 0.2) is 76.3 Å². The minimum Gasteiger partial charge on any atom is -0.489 e. The van der Waals surface area contributed by atoms with Gasteiger partial charge in [0.05, 0.1) is 19.4 Å². The van der Waals surface area contributed by atoms with E-state index in [-0.39, 0.29) is 24.6 Å². The number of amidine groups is 1. The average molecular weight is 411 g/mol. The molecule has 8 heteroatoms. The van der Waals surface area contributed by atoms with Crippen LogP contribution in [-0.2, 0) is 20.9 Å². The van der Waals surface area contributed by atoms with Gasteiger partial charge in [0.25, 0.3) is 5.95 Å². The van der Waals surface area contributed by atoms with Crippen LogP contribution in [0, 0.1) is 0 Å². The molecule has 8 nitrogen and oxygen atoms in total. The van der Waals surface area contributed by atoms with E-state index < -0.39 is 11.9 Å². The maximum Gasteiger partial charge on any atom is 0.349 e. The molecule has 0 saturated heterocycles. The first kappa shape index (κ1) is 22.5. The van der Waals surface area contributed by atoms with Gasteiger partial charge in [-0.05, 0) is 49.2 Å². The summed E-state index contributed by atoms with van der Waals surface area (Å²) in [4.78, 5) is 12.0. The fourth-order valence-electron chi connectivity index (χ4n) is 2.31. The summed E-state index contributed by atoms with van der Waals surface area (Å²) in [5.74, 6) is -1.11. The molecule has 0 radical (unpaired) electrons. The highest BCUT2D eigenvalue weighted by molar-refractivity contribution is 6.18. The zero-order valence-corrected chi connectivity index (χ0v) is 16.9. The fourth-order valence-corrected chi connectivity index (χ4v) is 2.31. The molecule has 0 aromatic heterocycles. The Hall–Kier alpha value is -3.81. The van der Waals surface area contributed by atoms with Gasteiger partial charge >= 0.3 is 5.97 Å². The number of rotatable bonds is 10. The number of nitrogens with zero attached hydrogens (tertiary/aromatic N) is 2. The Morgan fingerprint density at radius 1 is 1.03 bits per heavy atom. The Kier molecular flexibility index (Phi) is 8.92. The van der Waals surface area contributed by atoms with Crippen molar-refractivity contribution in [2.75, 3.05) is 13.2 Å². The minimum atomic E-state index is -0.847. The summed E-state index contributed by atoms with van der Waals surface area (Å²) in [5, 5.41) is 17.5. The third-order valence-electron chi connectivity index (χ3n) is 3.73. The number of aliphatic hydroxyl groups excluding tert-OH is 1. The summed E-state index contributed by atoms with van der Waals surface area (Å²) in [6, 6.07) is 17.1. The highest BCUT2D eigenvalue weighted by Crippen LogP contribution is 2.13. The van der Waals surface area contributed by atoms with Crippen LogP contribution in [0.2, 0.25) is 0 Å². The monoisotopic (exact) mass is 411 g/mol. The van der Waals surface area contributed by atoms with Gasteiger partial charge in [0.2, 0.25) is 0 Å². The summed E-state index contributed by atoms with van der Waals surface area (Å²) in [5.41, 5.74) is 7.23. The van der Waals surface area contributed by atoms with Gasteiger partial charge in [0.1, 0.15) is 12.4 Å². The third-order valence-corrected chi connectivity index (χ3v) is 3.73. The maximum absolute atomic E-state index is 12.0. The van der Waals surface area contributed by atoms with E-state index in [0.717, 1.165) is 11.1 Å². The molecule has 0 fully saturated rings. The molecular formula is C22H25N3O5. The lowest BCUT2D eigenvalue weighted by molar-refractivity contribution is -0.138. The second-order valence-electron chi connectivity index (χ2n) is 5.91. The van der Waals surface area contributed by atoms with Gasteiger partial charge in [0, 0.05) is 0 Å². The van der Waals surface area contributed by atoms with Crippen molar-refractivity contribution in [1.29, 1.82) is 0 Å².